The van der Waals surface area contributed by atoms with Gasteiger partial charge >= 0.3 is 39.0 Å². The van der Waals surface area contributed by atoms with Crippen molar-refractivity contribution < 1.29 is 73.9 Å². The first-order valence-electron chi connectivity index (χ1n) is 40.2. The van der Waals surface area contributed by atoms with Crippen LogP contribution in [0.1, 0.15) is 179 Å². The second kappa shape index (κ2) is 38.5. The number of aromatic nitrogens is 4. The molecule has 0 saturated heterocycles. The molecular formula is C100H100Cl2N8O12W. The molecule has 3 aliphatic carbocycles. The largest absolute Gasteiger partial charge is 2.00 e. The van der Waals surface area contributed by atoms with Crippen molar-refractivity contribution in [3.63, 3.8) is 0 Å². The molecule has 20 nitrogen and oxygen atoms in total. The van der Waals surface area contributed by atoms with E-state index in [0.29, 0.717) is 116 Å². The Labute approximate surface area is 741 Å². The standard InChI is InChI=1S/C35H28Cl2N4O4.C31H32N2O4.C30H28N2O4.C2H6.2CH3.W/c1-4-35(2,3)34(44)45-17-19-9-12-21(13-10-19)40-27-16-26(41-33(43)24-15-20(36)11-14-25(24)37)28-29-30(38-18-39-31(27)29)22-7-5-6-8-23(22)32(28)42;1-6-31(4,5)30(36)37-17-11-16-33-19(3)25(21-13-8-10-15-23(21)33)27-28(34)26(29(27)35)24-18(2)32-22-14-9-7-12-20(22)24;1-5-30(2,3)29(35)36-17-18-10-12-19(13-11-18)31-23-14-15-24-26-22(16-25(33)32(24)4)20-8-6-7-9-21(20)28(34)27(23)26;1-2;;;/h5-16,18,40H,4,17H2,1-3H3,(H,41,43);7-10,12-15,34H,6,11,16-17H2,1-5H3;6-16,31H,5,17H2,1-4H3;1-2H3;2*1H3;/q;;;;2*-1;+2. The summed E-state index contributed by atoms with van der Waals surface area (Å²) in [6.07, 6.45) is 4.21. The number of anilines is 5. The van der Waals surface area contributed by atoms with E-state index in [2.05, 4.69) is 35.5 Å². The number of hydrogen-bond donors (Lipinski definition) is 4. The van der Waals surface area contributed by atoms with E-state index in [0.717, 1.165) is 78.9 Å². The van der Waals surface area contributed by atoms with E-state index < -0.39 is 22.2 Å². The summed E-state index contributed by atoms with van der Waals surface area (Å²) in [5.74, 6) is -1.67. The molecular weight excluding hydrogens is 1760 g/mol. The van der Waals surface area contributed by atoms with Crippen LogP contribution in [0.15, 0.2) is 216 Å². The Bertz CT molecular complexity index is 6350. The van der Waals surface area contributed by atoms with Crippen LogP contribution in [0.3, 0.4) is 0 Å². The number of nitrogens with zero attached hydrogens (tertiary/aromatic N) is 5. The quantitative estimate of drug-likeness (QED) is 0.0171. The number of carbonyl (C=O) groups is 7. The number of pyridine rings is 1. The predicted molar refractivity (Wildman–Crippen MR) is 489 cm³/mol. The smallest absolute Gasteiger partial charge is 0.506 e. The van der Waals surface area contributed by atoms with Crippen molar-refractivity contribution in [3.05, 3.63) is 297 Å². The molecule has 4 N–H and O–H groups in total. The molecule has 0 radical (unpaired) electrons. The second-order valence-electron chi connectivity index (χ2n) is 31.6. The van der Waals surface area contributed by atoms with Gasteiger partial charge in [-0.25, -0.2) is 9.97 Å². The third-order valence-electron chi connectivity index (χ3n) is 22.8. The molecule has 0 unspecified atom stereocenters. The molecule has 4 aliphatic rings. The minimum atomic E-state index is -0.550. The molecule has 3 aromatic heterocycles. The van der Waals surface area contributed by atoms with Crippen LogP contribution in [0.25, 0.3) is 66.2 Å². The number of ketones is 3. The summed E-state index contributed by atoms with van der Waals surface area (Å²) >= 11 is 12.5. The van der Waals surface area contributed by atoms with Crippen molar-refractivity contribution in [1.82, 2.24) is 19.1 Å². The number of para-hydroxylation sites is 2. The van der Waals surface area contributed by atoms with E-state index in [1.165, 1.54) is 12.4 Å². The second-order valence-corrected chi connectivity index (χ2v) is 32.4. The van der Waals surface area contributed by atoms with Crippen molar-refractivity contribution in [2.75, 3.05) is 22.6 Å². The molecule has 0 spiro atoms. The number of rotatable bonds is 21. The average molecular weight is 1860 g/mol. The summed E-state index contributed by atoms with van der Waals surface area (Å²) in [7, 11) is 1.72. The molecule has 12 aromatic rings. The van der Waals surface area contributed by atoms with E-state index in [4.69, 9.17) is 37.4 Å². The molecule has 0 bridgehead atoms. The van der Waals surface area contributed by atoms with E-state index in [-0.39, 0.29) is 118 Å². The van der Waals surface area contributed by atoms with Crippen molar-refractivity contribution in [3.8, 4) is 22.4 Å². The van der Waals surface area contributed by atoms with Crippen molar-refractivity contribution in [1.29, 1.82) is 0 Å². The van der Waals surface area contributed by atoms with Gasteiger partial charge in [-0.1, -0.05) is 167 Å². The molecule has 0 saturated carbocycles. The number of aliphatic imine (C=N–C) groups is 1. The maximum Gasteiger partial charge on any atom is 2.00 e. The number of halogens is 2. The summed E-state index contributed by atoms with van der Waals surface area (Å²) in [6, 6.07) is 56.8. The van der Waals surface area contributed by atoms with E-state index >= 15 is 0 Å². The van der Waals surface area contributed by atoms with Crippen molar-refractivity contribution in [2.24, 2.45) is 28.3 Å². The van der Waals surface area contributed by atoms with Gasteiger partial charge in [0.15, 0.2) is 11.6 Å². The number of aliphatic hydroxyl groups excluding tert-OH is 1. The number of aliphatic hydroxyl groups is 1. The van der Waals surface area contributed by atoms with Crippen LogP contribution >= 0.6 is 23.2 Å². The Morgan fingerprint density at radius 1 is 0.512 bits per heavy atom. The molecule has 632 valence electrons. The van der Waals surface area contributed by atoms with Crippen LogP contribution in [0.5, 0.6) is 0 Å². The van der Waals surface area contributed by atoms with E-state index in [1.807, 2.05) is 230 Å². The number of fused-ring (bicyclic) bond motifs is 6. The molecule has 123 heavy (non-hydrogen) atoms. The first-order chi connectivity index (χ1) is 57.4. The molecule has 1 aliphatic heterocycles. The third kappa shape index (κ3) is 18.3. The SMILES string of the molecule is CC.CCC(C)(C)C(=O)OCCCn1c(C)c(C2=C(O)C(=C3C(C)=Nc4ccccc43)C2=O)c2ccccc21.CCC(C)(C)C(=O)OCc1ccc(Nc2cc(NC(=O)c3cc(Cl)ccc3Cl)c3c4c(ncnc24)-c2ccccc2C3=O)cc1.CCC(C)(C)C(=O)OCc1ccc(Nc2ccc3c4c(cc(=O)n3C)-c3ccccc3C(=O)c24)cc1.[CH3-].[CH3-].[W+2]. The van der Waals surface area contributed by atoms with Crippen LogP contribution in [0, 0.1) is 38.0 Å². The topological polar surface area (TPSA) is 269 Å². The van der Waals surface area contributed by atoms with Gasteiger partial charge in [-0.3, -0.25) is 43.3 Å². The zero-order valence-electron chi connectivity index (χ0n) is 72.0. The van der Waals surface area contributed by atoms with Gasteiger partial charge in [-0.2, -0.15) is 0 Å². The van der Waals surface area contributed by atoms with Crippen LogP contribution in [0.2, 0.25) is 10.0 Å². The number of esters is 3. The fraction of sp³-hybridized carbons (Fsp3) is 0.250. The fourth-order valence-corrected chi connectivity index (χ4v) is 15.1. The zero-order valence-corrected chi connectivity index (χ0v) is 76.4. The van der Waals surface area contributed by atoms with Crippen LogP contribution < -0.4 is 21.5 Å². The zero-order chi connectivity index (χ0) is 86.0. The number of ether oxygens (including phenoxy) is 3. The molecule has 4 heterocycles. The van der Waals surface area contributed by atoms with Gasteiger partial charge in [0.05, 0.1) is 95.2 Å². The molecule has 0 fully saturated rings. The van der Waals surface area contributed by atoms with Gasteiger partial charge in [0.1, 0.15) is 25.3 Å². The molecule has 0 atom stereocenters. The van der Waals surface area contributed by atoms with E-state index in [1.54, 1.807) is 54.1 Å². The normalized spacial score (nSPS) is 13.3. The minimum Gasteiger partial charge on any atom is -0.506 e. The monoisotopic (exact) mass is 1860 g/mol. The van der Waals surface area contributed by atoms with Gasteiger partial charge < -0.3 is 59.3 Å². The maximum absolute atomic E-state index is 13.9. The Morgan fingerprint density at radius 2 is 1.03 bits per heavy atom. The minimum absolute atomic E-state index is 0. The first kappa shape index (κ1) is 93.1. The number of carbonyl (C=O) groups excluding carboxylic acids is 7. The van der Waals surface area contributed by atoms with Gasteiger partial charge in [0.25, 0.3) is 11.5 Å². The number of aryl methyl sites for hydroxylation is 2. The van der Waals surface area contributed by atoms with Gasteiger partial charge in [0.2, 0.25) is 5.78 Å². The number of allylic oxidation sites excluding steroid dienone is 3. The fourth-order valence-electron chi connectivity index (χ4n) is 14.7. The van der Waals surface area contributed by atoms with Crippen molar-refractivity contribution in [2.45, 2.75) is 135 Å². The van der Waals surface area contributed by atoms with Gasteiger partial charge in [-0.05, 0) is 176 Å². The Balaban J connectivity index is 0.000000190. The summed E-state index contributed by atoms with van der Waals surface area (Å²) in [4.78, 5) is 118. The summed E-state index contributed by atoms with van der Waals surface area (Å²) in [5, 5.41) is 23.7. The van der Waals surface area contributed by atoms with Crippen LogP contribution in [-0.4, -0.2) is 77.7 Å². The number of amides is 1. The maximum atomic E-state index is 13.9. The van der Waals surface area contributed by atoms with Crippen molar-refractivity contribution >= 4 is 148 Å². The number of Topliss-reactive ketones (excluding diaryl/α,β-unsaturated/α-hetero) is 1. The van der Waals surface area contributed by atoms with Gasteiger partial charge in [-0.15, -0.1) is 0 Å². The number of benzene rings is 9. The molecule has 9 aromatic carbocycles. The number of hydrogen-bond acceptors (Lipinski definition) is 17. The van der Waals surface area contributed by atoms with Crippen LogP contribution in [-0.2, 0) is 81.3 Å². The van der Waals surface area contributed by atoms with E-state index in [9.17, 15) is 43.5 Å². The third-order valence-corrected chi connectivity index (χ3v) is 23.4. The molecule has 1 amide bonds. The van der Waals surface area contributed by atoms with Crippen LogP contribution in [0.4, 0.5) is 34.1 Å². The molecule has 16 rings (SSSR count). The predicted octanol–water partition coefficient (Wildman–Crippen LogP) is 23.3. The first-order valence-corrected chi connectivity index (χ1v) is 40.9. The Hall–Kier alpha value is -12.2. The van der Waals surface area contributed by atoms with Gasteiger partial charge in [0, 0.05) is 103 Å². The average Bonchev–Trinajstić information content (AvgIpc) is 1.37. The Morgan fingerprint density at radius 3 is 1.62 bits per heavy atom. The summed E-state index contributed by atoms with van der Waals surface area (Å²) in [6.45, 7) is 26.3. The summed E-state index contributed by atoms with van der Waals surface area (Å²) in [5.41, 5.74) is 15.6. The Kier molecular flexibility index (Phi) is 29.1. The molecule has 23 heteroatoms. The number of nitrogens with one attached hydrogen (secondary N) is 3. The summed E-state index contributed by atoms with van der Waals surface area (Å²) < 4.78 is 20.2.